The van der Waals surface area contributed by atoms with Crippen molar-refractivity contribution in [3.05, 3.63) is 66.0 Å². The molecule has 2 amide bonds. The van der Waals surface area contributed by atoms with Crippen LogP contribution in [0.5, 0.6) is 0 Å². The van der Waals surface area contributed by atoms with E-state index in [-0.39, 0.29) is 24.5 Å². The summed E-state index contributed by atoms with van der Waals surface area (Å²) >= 11 is 0. The summed E-state index contributed by atoms with van der Waals surface area (Å²) < 4.78 is 11.7. The number of ether oxygens (including phenoxy) is 2. The molecule has 2 aromatic rings. The van der Waals surface area contributed by atoms with Gasteiger partial charge in [0.15, 0.2) is 0 Å². The number of hydrogen-bond donors (Lipinski definition) is 0. The molecule has 0 N–H and O–H groups in total. The Kier molecular flexibility index (Phi) is 7.27. The molecule has 2 atom stereocenters. The van der Waals surface area contributed by atoms with Crippen molar-refractivity contribution in [2.75, 3.05) is 32.8 Å². The van der Waals surface area contributed by atoms with Crippen LogP contribution in [0.3, 0.4) is 0 Å². The molecule has 2 aliphatic heterocycles. The van der Waals surface area contributed by atoms with E-state index in [2.05, 4.69) is 17.1 Å². The van der Waals surface area contributed by atoms with Crippen LogP contribution >= 0.6 is 0 Å². The summed E-state index contributed by atoms with van der Waals surface area (Å²) in [5, 5.41) is 0. The molecule has 1 aromatic heterocycles. The zero-order chi connectivity index (χ0) is 21.5. The molecule has 4 rings (SSSR count). The zero-order valence-electron chi connectivity index (χ0n) is 17.7. The van der Waals surface area contributed by atoms with Crippen molar-refractivity contribution in [3.8, 4) is 0 Å². The number of benzene rings is 1. The van der Waals surface area contributed by atoms with Gasteiger partial charge in [-0.3, -0.25) is 14.6 Å². The molecule has 31 heavy (non-hydrogen) atoms. The minimum atomic E-state index is -0.440. The van der Waals surface area contributed by atoms with Crippen LogP contribution < -0.4 is 0 Å². The average molecular weight is 424 g/mol. The summed E-state index contributed by atoms with van der Waals surface area (Å²) in [4.78, 5) is 33.5. The fourth-order valence-electron chi connectivity index (χ4n) is 4.05. The maximum atomic E-state index is 13.0. The van der Waals surface area contributed by atoms with Crippen molar-refractivity contribution in [2.45, 2.75) is 38.1 Å². The number of aromatic nitrogens is 1. The van der Waals surface area contributed by atoms with Gasteiger partial charge in [0.2, 0.25) is 5.91 Å². The molecule has 0 spiro atoms. The highest BCUT2D eigenvalue weighted by Gasteiger charge is 2.35. The number of pyridine rings is 1. The molecular formula is C24H29N3O4. The van der Waals surface area contributed by atoms with Gasteiger partial charge in [0.05, 0.1) is 19.3 Å². The average Bonchev–Trinajstić information content (AvgIpc) is 3.29. The van der Waals surface area contributed by atoms with Crippen LogP contribution in [0.2, 0.25) is 0 Å². The van der Waals surface area contributed by atoms with E-state index >= 15 is 0 Å². The lowest BCUT2D eigenvalue weighted by Gasteiger charge is -2.26. The lowest BCUT2D eigenvalue weighted by molar-refractivity contribution is -0.145. The van der Waals surface area contributed by atoms with Crippen molar-refractivity contribution in [1.29, 1.82) is 0 Å². The topological polar surface area (TPSA) is 72.0 Å². The molecule has 0 saturated carbocycles. The van der Waals surface area contributed by atoms with Gasteiger partial charge in [0, 0.05) is 38.6 Å². The molecule has 2 saturated heterocycles. The number of carbonyl (C=O) groups is 2. The Bertz CT molecular complexity index is 856. The second kappa shape index (κ2) is 10.5. The van der Waals surface area contributed by atoms with Crippen molar-refractivity contribution >= 4 is 11.8 Å². The molecule has 1 aromatic carbocycles. The van der Waals surface area contributed by atoms with Crippen LogP contribution in [0.15, 0.2) is 54.9 Å². The molecule has 0 unspecified atom stereocenters. The Morgan fingerprint density at radius 2 is 1.90 bits per heavy atom. The third-order valence-electron chi connectivity index (χ3n) is 5.79. The predicted octanol–water partition coefficient (Wildman–Crippen LogP) is 2.06. The zero-order valence-corrected chi connectivity index (χ0v) is 17.7. The third-order valence-corrected chi connectivity index (χ3v) is 5.79. The van der Waals surface area contributed by atoms with E-state index in [1.54, 1.807) is 17.3 Å². The SMILES string of the molecule is O=C1CN(C(=O)[C@@H]2CCCO2)C[C@H](OCc2ccncc2)CN1CCc1ccccc1. The van der Waals surface area contributed by atoms with E-state index < -0.39 is 6.10 Å². The Morgan fingerprint density at radius 3 is 2.65 bits per heavy atom. The summed E-state index contributed by atoms with van der Waals surface area (Å²) in [5.74, 6) is -0.148. The third kappa shape index (κ3) is 5.89. The van der Waals surface area contributed by atoms with Gasteiger partial charge in [-0.2, -0.15) is 0 Å². The van der Waals surface area contributed by atoms with Crippen LogP contribution in [0.4, 0.5) is 0 Å². The molecule has 7 nitrogen and oxygen atoms in total. The highest BCUT2D eigenvalue weighted by molar-refractivity contribution is 5.87. The number of amides is 2. The first-order valence-electron chi connectivity index (χ1n) is 10.9. The summed E-state index contributed by atoms with van der Waals surface area (Å²) in [6, 6.07) is 13.9. The standard InChI is InChI=1S/C24H29N3O4/c28-23-17-27(24(29)22-7-4-14-30-22)16-21(31-18-20-8-11-25-12-9-20)15-26(23)13-10-19-5-2-1-3-6-19/h1-3,5-6,8-9,11-12,21-22H,4,7,10,13-18H2/t21-,22+/m1/s1. The van der Waals surface area contributed by atoms with Gasteiger partial charge >= 0.3 is 0 Å². The summed E-state index contributed by atoms with van der Waals surface area (Å²) in [6.45, 7) is 2.53. The number of nitrogens with zero attached hydrogens (tertiary/aromatic N) is 3. The van der Waals surface area contributed by atoms with E-state index in [9.17, 15) is 9.59 Å². The Labute approximate surface area is 183 Å². The largest absolute Gasteiger partial charge is 0.370 e. The molecule has 2 aliphatic rings. The van der Waals surface area contributed by atoms with Crippen molar-refractivity contribution in [2.24, 2.45) is 0 Å². The van der Waals surface area contributed by atoms with Gasteiger partial charge in [-0.05, 0) is 42.5 Å². The van der Waals surface area contributed by atoms with Gasteiger partial charge in [0.25, 0.3) is 5.91 Å². The normalized spacial score (nSPS) is 21.9. The Hall–Kier alpha value is -2.77. The molecule has 0 radical (unpaired) electrons. The summed E-state index contributed by atoms with van der Waals surface area (Å²) in [5.41, 5.74) is 2.19. The number of rotatable bonds is 7. The van der Waals surface area contributed by atoms with E-state index in [0.717, 1.165) is 18.4 Å². The smallest absolute Gasteiger partial charge is 0.252 e. The van der Waals surface area contributed by atoms with Crippen LogP contribution in [0.25, 0.3) is 0 Å². The Morgan fingerprint density at radius 1 is 1.10 bits per heavy atom. The van der Waals surface area contributed by atoms with Crippen LogP contribution in [0, 0.1) is 0 Å². The second-order valence-corrected chi connectivity index (χ2v) is 8.08. The lowest BCUT2D eigenvalue weighted by atomic mass is 10.1. The molecule has 3 heterocycles. The van der Waals surface area contributed by atoms with Crippen LogP contribution in [-0.4, -0.2) is 71.6 Å². The highest BCUT2D eigenvalue weighted by atomic mass is 16.5. The molecule has 0 aliphatic carbocycles. The van der Waals surface area contributed by atoms with Gasteiger partial charge in [-0.1, -0.05) is 30.3 Å². The Balaban J connectivity index is 1.44. The van der Waals surface area contributed by atoms with Gasteiger partial charge in [0.1, 0.15) is 6.10 Å². The first kappa shape index (κ1) is 21.5. The fraction of sp³-hybridized carbons (Fsp3) is 0.458. The van der Waals surface area contributed by atoms with Crippen molar-refractivity contribution < 1.29 is 19.1 Å². The van der Waals surface area contributed by atoms with Crippen LogP contribution in [0.1, 0.15) is 24.0 Å². The first-order chi connectivity index (χ1) is 15.2. The van der Waals surface area contributed by atoms with Gasteiger partial charge < -0.3 is 19.3 Å². The maximum Gasteiger partial charge on any atom is 0.252 e. The van der Waals surface area contributed by atoms with Crippen molar-refractivity contribution in [3.63, 3.8) is 0 Å². The molecule has 0 bridgehead atoms. The number of carbonyl (C=O) groups excluding carboxylic acids is 2. The predicted molar refractivity (Wildman–Crippen MR) is 115 cm³/mol. The first-order valence-corrected chi connectivity index (χ1v) is 10.9. The fourth-order valence-corrected chi connectivity index (χ4v) is 4.05. The van der Waals surface area contributed by atoms with Crippen LogP contribution in [-0.2, 0) is 32.1 Å². The second-order valence-electron chi connectivity index (χ2n) is 8.08. The van der Waals surface area contributed by atoms with E-state index in [1.165, 1.54) is 5.56 Å². The molecule has 164 valence electrons. The monoisotopic (exact) mass is 423 g/mol. The summed E-state index contributed by atoms with van der Waals surface area (Å²) in [7, 11) is 0. The molecular weight excluding hydrogens is 394 g/mol. The number of hydrogen-bond acceptors (Lipinski definition) is 5. The van der Waals surface area contributed by atoms with Gasteiger partial charge in [-0.25, -0.2) is 0 Å². The molecule has 2 fully saturated rings. The van der Waals surface area contributed by atoms with E-state index in [1.807, 2.05) is 35.2 Å². The highest BCUT2D eigenvalue weighted by Crippen LogP contribution is 2.18. The quantitative estimate of drug-likeness (QED) is 0.682. The molecule has 7 heteroatoms. The minimum absolute atomic E-state index is 0.0442. The van der Waals surface area contributed by atoms with Gasteiger partial charge in [-0.15, -0.1) is 0 Å². The van der Waals surface area contributed by atoms with E-state index in [0.29, 0.717) is 39.3 Å². The maximum absolute atomic E-state index is 13.0. The lowest BCUT2D eigenvalue weighted by Crippen LogP contribution is -2.44. The summed E-state index contributed by atoms with van der Waals surface area (Å²) in [6.07, 6.45) is 5.12. The van der Waals surface area contributed by atoms with Crippen molar-refractivity contribution in [1.82, 2.24) is 14.8 Å². The minimum Gasteiger partial charge on any atom is -0.370 e. The van der Waals surface area contributed by atoms with E-state index in [4.69, 9.17) is 9.47 Å².